The van der Waals surface area contributed by atoms with Crippen molar-refractivity contribution in [1.29, 1.82) is 0 Å². The van der Waals surface area contributed by atoms with Gasteiger partial charge in [0.2, 0.25) is 0 Å². The number of alkyl halides is 3. The third-order valence-electron chi connectivity index (χ3n) is 3.55. The van der Waals surface area contributed by atoms with Crippen molar-refractivity contribution in [3.8, 4) is 0 Å². The molecular formula is C14H19F3N2. The van der Waals surface area contributed by atoms with Gasteiger partial charge in [-0.15, -0.1) is 0 Å². The molecule has 0 bridgehead atoms. The van der Waals surface area contributed by atoms with Gasteiger partial charge in [0.1, 0.15) is 0 Å². The summed E-state index contributed by atoms with van der Waals surface area (Å²) in [4.78, 5) is 2.02. The number of anilines is 1. The highest BCUT2D eigenvalue weighted by molar-refractivity contribution is 5.50. The number of hydrogen-bond donors (Lipinski definition) is 1. The standard InChI is InChI=1S/C14H19F3N2/c1-10(2)13-9-19(7-6-18-13)12-5-3-4-11(8-12)14(15,16)17/h3-5,8,10,13,18H,6-7,9H2,1-2H3. The second-order valence-corrected chi connectivity index (χ2v) is 5.30. The SMILES string of the molecule is CC(C)C1CN(c2cccc(C(F)(F)F)c2)CCN1. The summed E-state index contributed by atoms with van der Waals surface area (Å²) in [6.45, 7) is 6.53. The Hall–Kier alpha value is -1.23. The van der Waals surface area contributed by atoms with Crippen LogP contribution < -0.4 is 10.2 Å². The van der Waals surface area contributed by atoms with Gasteiger partial charge in [0.15, 0.2) is 0 Å². The van der Waals surface area contributed by atoms with E-state index in [4.69, 9.17) is 0 Å². The molecule has 1 fully saturated rings. The zero-order valence-electron chi connectivity index (χ0n) is 11.2. The Morgan fingerprint density at radius 2 is 2.05 bits per heavy atom. The molecule has 106 valence electrons. The first-order valence-electron chi connectivity index (χ1n) is 6.53. The van der Waals surface area contributed by atoms with Gasteiger partial charge >= 0.3 is 6.18 Å². The van der Waals surface area contributed by atoms with Crippen molar-refractivity contribution >= 4 is 5.69 Å². The van der Waals surface area contributed by atoms with E-state index in [1.165, 1.54) is 12.1 Å². The van der Waals surface area contributed by atoms with Gasteiger partial charge in [-0.2, -0.15) is 13.2 Å². The molecule has 1 aromatic rings. The first kappa shape index (κ1) is 14.2. The van der Waals surface area contributed by atoms with Gasteiger partial charge in [0.25, 0.3) is 0 Å². The summed E-state index contributed by atoms with van der Waals surface area (Å²) in [6, 6.07) is 5.90. The van der Waals surface area contributed by atoms with E-state index in [0.717, 1.165) is 25.7 Å². The van der Waals surface area contributed by atoms with Crippen LogP contribution in [0, 0.1) is 5.92 Å². The zero-order valence-corrected chi connectivity index (χ0v) is 11.2. The molecule has 0 amide bonds. The number of rotatable bonds is 2. The second-order valence-electron chi connectivity index (χ2n) is 5.30. The van der Waals surface area contributed by atoms with Crippen LogP contribution in [0.3, 0.4) is 0 Å². The Kier molecular flexibility index (Phi) is 4.04. The monoisotopic (exact) mass is 272 g/mol. The van der Waals surface area contributed by atoms with Gasteiger partial charge in [0.05, 0.1) is 5.56 Å². The Morgan fingerprint density at radius 3 is 2.68 bits per heavy atom. The summed E-state index contributed by atoms with van der Waals surface area (Å²) < 4.78 is 38.1. The number of halogens is 3. The predicted octanol–water partition coefficient (Wildman–Crippen LogP) is 3.14. The second kappa shape index (κ2) is 5.41. The molecule has 19 heavy (non-hydrogen) atoms. The molecule has 1 atom stereocenters. The van der Waals surface area contributed by atoms with Gasteiger partial charge in [-0.3, -0.25) is 0 Å². The van der Waals surface area contributed by atoms with E-state index in [2.05, 4.69) is 19.2 Å². The summed E-state index contributed by atoms with van der Waals surface area (Å²) in [6.07, 6.45) is -4.28. The first-order chi connectivity index (χ1) is 8.88. The van der Waals surface area contributed by atoms with Crippen LogP contribution in [0.15, 0.2) is 24.3 Å². The van der Waals surface area contributed by atoms with E-state index >= 15 is 0 Å². The minimum absolute atomic E-state index is 0.322. The molecule has 0 saturated carbocycles. The van der Waals surface area contributed by atoms with E-state index in [1.54, 1.807) is 6.07 Å². The maximum Gasteiger partial charge on any atom is 0.416 e. The van der Waals surface area contributed by atoms with Crippen LogP contribution in [0.1, 0.15) is 19.4 Å². The van der Waals surface area contributed by atoms with Crippen LogP contribution in [0.5, 0.6) is 0 Å². The normalized spacial score (nSPS) is 20.9. The van der Waals surface area contributed by atoms with Crippen molar-refractivity contribution in [3.63, 3.8) is 0 Å². The topological polar surface area (TPSA) is 15.3 Å². The lowest BCUT2D eigenvalue weighted by molar-refractivity contribution is -0.137. The highest BCUT2D eigenvalue weighted by Crippen LogP contribution is 2.32. The number of benzene rings is 1. The highest BCUT2D eigenvalue weighted by atomic mass is 19.4. The Labute approximate surface area is 111 Å². The fourth-order valence-electron chi connectivity index (χ4n) is 2.34. The lowest BCUT2D eigenvalue weighted by Gasteiger charge is -2.37. The van der Waals surface area contributed by atoms with E-state index in [-0.39, 0.29) is 0 Å². The summed E-state index contributed by atoms with van der Waals surface area (Å²) in [5.41, 5.74) is 0.0756. The minimum Gasteiger partial charge on any atom is -0.369 e. The summed E-state index contributed by atoms with van der Waals surface area (Å²) in [5.74, 6) is 0.466. The molecule has 0 aromatic heterocycles. The predicted molar refractivity (Wildman–Crippen MR) is 70.3 cm³/mol. The van der Waals surface area contributed by atoms with Gasteiger partial charge in [-0.25, -0.2) is 0 Å². The third-order valence-corrected chi connectivity index (χ3v) is 3.55. The molecule has 0 spiro atoms. The minimum atomic E-state index is -4.28. The Bertz CT molecular complexity index is 429. The molecule has 1 unspecified atom stereocenters. The van der Waals surface area contributed by atoms with Crippen LogP contribution >= 0.6 is 0 Å². The molecule has 1 aliphatic heterocycles. The van der Waals surface area contributed by atoms with Crippen LogP contribution in [0.25, 0.3) is 0 Å². The first-order valence-corrected chi connectivity index (χ1v) is 6.53. The smallest absolute Gasteiger partial charge is 0.369 e. The average molecular weight is 272 g/mol. The van der Waals surface area contributed by atoms with Gasteiger partial charge in [-0.1, -0.05) is 19.9 Å². The molecule has 0 radical (unpaired) electrons. The number of piperazine rings is 1. The molecule has 1 heterocycles. The summed E-state index contributed by atoms with van der Waals surface area (Å²) in [5, 5.41) is 3.40. The van der Waals surface area contributed by atoms with Crippen molar-refractivity contribution in [2.75, 3.05) is 24.5 Å². The average Bonchev–Trinajstić information content (AvgIpc) is 2.38. The van der Waals surface area contributed by atoms with Crippen molar-refractivity contribution < 1.29 is 13.2 Å². The molecule has 0 aliphatic carbocycles. The largest absolute Gasteiger partial charge is 0.416 e. The van der Waals surface area contributed by atoms with E-state index in [1.807, 2.05) is 4.90 Å². The van der Waals surface area contributed by atoms with Crippen molar-refractivity contribution in [2.24, 2.45) is 5.92 Å². The Morgan fingerprint density at radius 1 is 1.32 bits per heavy atom. The number of hydrogen-bond acceptors (Lipinski definition) is 2. The summed E-state index contributed by atoms with van der Waals surface area (Å²) in [7, 11) is 0. The quantitative estimate of drug-likeness (QED) is 0.889. The fraction of sp³-hybridized carbons (Fsp3) is 0.571. The van der Waals surface area contributed by atoms with E-state index < -0.39 is 11.7 Å². The molecule has 1 N–H and O–H groups in total. The molecule has 2 rings (SSSR count). The maximum atomic E-state index is 12.7. The van der Waals surface area contributed by atoms with Crippen LogP contribution in [0.4, 0.5) is 18.9 Å². The van der Waals surface area contributed by atoms with Crippen molar-refractivity contribution in [3.05, 3.63) is 29.8 Å². The van der Waals surface area contributed by atoms with Crippen LogP contribution in [-0.2, 0) is 6.18 Å². The van der Waals surface area contributed by atoms with Crippen molar-refractivity contribution in [1.82, 2.24) is 5.32 Å². The van der Waals surface area contributed by atoms with E-state index in [9.17, 15) is 13.2 Å². The fourth-order valence-corrected chi connectivity index (χ4v) is 2.34. The third kappa shape index (κ3) is 3.41. The zero-order chi connectivity index (χ0) is 14.0. The van der Waals surface area contributed by atoms with Crippen LogP contribution in [0.2, 0.25) is 0 Å². The highest BCUT2D eigenvalue weighted by Gasteiger charge is 2.31. The number of nitrogens with one attached hydrogen (secondary N) is 1. The molecule has 1 aliphatic rings. The molecular weight excluding hydrogens is 253 g/mol. The van der Waals surface area contributed by atoms with Gasteiger partial charge in [0, 0.05) is 31.4 Å². The van der Waals surface area contributed by atoms with E-state index in [0.29, 0.717) is 17.6 Å². The maximum absolute atomic E-state index is 12.7. The lowest BCUT2D eigenvalue weighted by Crippen LogP contribution is -2.53. The van der Waals surface area contributed by atoms with Gasteiger partial charge < -0.3 is 10.2 Å². The number of nitrogens with zero attached hydrogens (tertiary/aromatic N) is 1. The molecule has 1 saturated heterocycles. The van der Waals surface area contributed by atoms with Crippen LogP contribution in [-0.4, -0.2) is 25.7 Å². The molecule has 2 nitrogen and oxygen atoms in total. The summed E-state index contributed by atoms with van der Waals surface area (Å²) >= 11 is 0. The molecule has 5 heteroatoms. The Balaban J connectivity index is 2.17. The molecule has 1 aromatic carbocycles. The lowest BCUT2D eigenvalue weighted by atomic mass is 10.0. The van der Waals surface area contributed by atoms with Gasteiger partial charge in [-0.05, 0) is 24.1 Å². The van der Waals surface area contributed by atoms with Crippen molar-refractivity contribution in [2.45, 2.75) is 26.1 Å².